The average molecular weight is 361 g/mol. The van der Waals surface area contributed by atoms with Gasteiger partial charge in [-0.15, -0.1) is 0 Å². The van der Waals surface area contributed by atoms with Gasteiger partial charge in [-0.05, 0) is 46.1 Å². The maximum absolute atomic E-state index is 12.3. The van der Waals surface area contributed by atoms with E-state index >= 15 is 0 Å². The molecule has 0 bridgehead atoms. The third-order valence-corrected chi connectivity index (χ3v) is 4.71. The van der Waals surface area contributed by atoms with Crippen molar-refractivity contribution in [2.24, 2.45) is 0 Å². The monoisotopic (exact) mass is 360 g/mol. The van der Waals surface area contributed by atoms with E-state index in [2.05, 4.69) is 0 Å². The third kappa shape index (κ3) is 6.21. The molecule has 1 aromatic rings. The molecule has 0 atom stereocenters. The topological polar surface area (TPSA) is 23.6 Å². The molecule has 0 unspecified atom stereocenters. The number of hydrogen-bond acceptors (Lipinski definition) is 3. The van der Waals surface area contributed by atoms with Gasteiger partial charge in [-0.3, -0.25) is 4.79 Å². The second-order valence-electron chi connectivity index (χ2n) is 5.04. The third-order valence-electron chi connectivity index (χ3n) is 2.97. The summed E-state index contributed by atoms with van der Waals surface area (Å²) in [5.74, 6) is 0.0273. The summed E-state index contributed by atoms with van der Waals surface area (Å²) < 4.78 is 0. The second-order valence-corrected chi connectivity index (χ2v) is 7.05. The predicted octanol–water partition coefficient (Wildman–Crippen LogP) is 4.40. The molecule has 0 N–H and O–H groups in total. The molecular formula is C16H22Cl2N2OS. The predicted molar refractivity (Wildman–Crippen MR) is 96.9 cm³/mol. The van der Waals surface area contributed by atoms with E-state index in [0.717, 1.165) is 9.80 Å². The summed E-state index contributed by atoms with van der Waals surface area (Å²) in [4.78, 5) is 18.0. The normalized spacial score (nSPS) is 11.9. The highest BCUT2D eigenvalue weighted by atomic mass is 35.5. The van der Waals surface area contributed by atoms with Crippen LogP contribution >= 0.6 is 35.0 Å². The van der Waals surface area contributed by atoms with Crippen molar-refractivity contribution in [1.82, 2.24) is 9.80 Å². The molecule has 0 aromatic heterocycles. The number of carbonyl (C=O) groups is 1. The second kappa shape index (κ2) is 9.46. The minimum absolute atomic E-state index is 0.0273. The molecular weight excluding hydrogens is 339 g/mol. The molecule has 0 aliphatic rings. The summed E-state index contributed by atoms with van der Waals surface area (Å²) in [5.41, 5.74) is 0. The summed E-state index contributed by atoms with van der Waals surface area (Å²) >= 11 is 13.6. The Balaban J connectivity index is 2.99. The summed E-state index contributed by atoms with van der Waals surface area (Å²) in [6.07, 6.45) is 1.70. The van der Waals surface area contributed by atoms with Crippen LogP contribution in [-0.4, -0.2) is 49.4 Å². The number of hydrogen-bond donors (Lipinski definition) is 0. The summed E-state index contributed by atoms with van der Waals surface area (Å²) in [5, 5.41) is 1.20. The summed E-state index contributed by atoms with van der Waals surface area (Å²) in [6.45, 7) is 6.03. The van der Waals surface area contributed by atoms with Gasteiger partial charge in [-0.1, -0.05) is 35.0 Å². The molecule has 1 amide bonds. The van der Waals surface area contributed by atoms with Gasteiger partial charge in [-0.2, -0.15) is 0 Å². The Morgan fingerprint density at radius 2 is 1.86 bits per heavy atom. The van der Waals surface area contributed by atoms with Gasteiger partial charge >= 0.3 is 0 Å². The van der Waals surface area contributed by atoms with Gasteiger partial charge in [0.25, 0.3) is 0 Å². The molecule has 1 aromatic carbocycles. The molecule has 0 aliphatic carbocycles. The van der Waals surface area contributed by atoms with Crippen molar-refractivity contribution in [3.63, 3.8) is 0 Å². The molecule has 0 saturated heterocycles. The molecule has 0 spiro atoms. The first-order chi connectivity index (χ1) is 10.4. The van der Waals surface area contributed by atoms with Gasteiger partial charge in [0.15, 0.2) is 0 Å². The van der Waals surface area contributed by atoms with Crippen molar-refractivity contribution in [2.45, 2.75) is 18.7 Å². The van der Waals surface area contributed by atoms with Crippen LogP contribution in [0.3, 0.4) is 0 Å². The van der Waals surface area contributed by atoms with E-state index in [9.17, 15) is 4.79 Å². The first kappa shape index (κ1) is 19.4. The molecule has 3 nitrogen and oxygen atoms in total. The van der Waals surface area contributed by atoms with Crippen LogP contribution in [0.5, 0.6) is 0 Å². The highest BCUT2D eigenvalue weighted by molar-refractivity contribution is 8.03. The Kier molecular flexibility index (Phi) is 8.33. The van der Waals surface area contributed by atoms with Gasteiger partial charge in [-0.25, -0.2) is 0 Å². The number of rotatable bonds is 7. The van der Waals surface area contributed by atoms with E-state index in [1.807, 2.05) is 38.9 Å². The van der Waals surface area contributed by atoms with Crippen LogP contribution in [0.15, 0.2) is 34.1 Å². The zero-order valence-corrected chi connectivity index (χ0v) is 15.7. The van der Waals surface area contributed by atoms with E-state index in [0.29, 0.717) is 29.7 Å². The van der Waals surface area contributed by atoms with Gasteiger partial charge in [0.2, 0.25) is 5.91 Å². The first-order valence-electron chi connectivity index (χ1n) is 7.14. The van der Waals surface area contributed by atoms with Crippen LogP contribution in [0.25, 0.3) is 0 Å². The standard InChI is InChI=1S/C16H22Cl2N2OS/c1-5-20(6-2)16(21)10-13(11-19(3)4)22-15-8-7-12(17)9-14(15)18/h7-10H,5-6,11H2,1-4H3/b13-10-. The van der Waals surface area contributed by atoms with Crippen molar-refractivity contribution in [1.29, 1.82) is 0 Å². The number of likely N-dealkylation sites (N-methyl/N-ethyl adjacent to an activating group) is 2. The summed E-state index contributed by atoms with van der Waals surface area (Å²) in [6, 6.07) is 5.39. The van der Waals surface area contributed by atoms with Crippen molar-refractivity contribution in [2.75, 3.05) is 33.7 Å². The minimum atomic E-state index is 0.0273. The lowest BCUT2D eigenvalue weighted by Gasteiger charge is -2.19. The molecule has 1 rings (SSSR count). The van der Waals surface area contributed by atoms with E-state index < -0.39 is 0 Å². The largest absolute Gasteiger partial charge is 0.340 e. The van der Waals surface area contributed by atoms with Crippen LogP contribution < -0.4 is 0 Å². The SMILES string of the molecule is CCN(CC)C(=O)/C=C(/CN(C)C)Sc1ccc(Cl)cc1Cl. The fraction of sp³-hybridized carbons (Fsp3) is 0.438. The zero-order valence-electron chi connectivity index (χ0n) is 13.4. The molecule has 6 heteroatoms. The van der Waals surface area contributed by atoms with Gasteiger partial charge < -0.3 is 9.80 Å². The molecule has 0 radical (unpaired) electrons. The Morgan fingerprint density at radius 3 is 2.36 bits per heavy atom. The van der Waals surface area contributed by atoms with E-state index in [1.54, 1.807) is 23.1 Å². The maximum atomic E-state index is 12.3. The number of halogens is 2. The quantitative estimate of drug-likeness (QED) is 0.531. The average Bonchev–Trinajstić information content (AvgIpc) is 2.42. The Labute approximate surface area is 147 Å². The van der Waals surface area contributed by atoms with Gasteiger partial charge in [0.1, 0.15) is 0 Å². The smallest absolute Gasteiger partial charge is 0.247 e. The van der Waals surface area contributed by atoms with Crippen LogP contribution in [0.4, 0.5) is 0 Å². The molecule has 0 heterocycles. The lowest BCUT2D eigenvalue weighted by molar-refractivity contribution is -0.125. The van der Waals surface area contributed by atoms with E-state index in [4.69, 9.17) is 23.2 Å². The minimum Gasteiger partial charge on any atom is -0.340 e. The van der Waals surface area contributed by atoms with E-state index in [-0.39, 0.29) is 5.91 Å². The van der Waals surface area contributed by atoms with Crippen LogP contribution in [0.1, 0.15) is 13.8 Å². The molecule has 22 heavy (non-hydrogen) atoms. The number of nitrogens with zero attached hydrogens (tertiary/aromatic N) is 2. The van der Waals surface area contributed by atoms with Crippen molar-refractivity contribution in [3.05, 3.63) is 39.2 Å². The molecule has 0 aliphatic heterocycles. The van der Waals surface area contributed by atoms with Crippen molar-refractivity contribution >= 4 is 40.9 Å². The van der Waals surface area contributed by atoms with Crippen molar-refractivity contribution in [3.8, 4) is 0 Å². The zero-order chi connectivity index (χ0) is 16.7. The fourth-order valence-corrected chi connectivity index (χ4v) is 3.46. The highest BCUT2D eigenvalue weighted by Crippen LogP contribution is 2.34. The van der Waals surface area contributed by atoms with Crippen LogP contribution in [0.2, 0.25) is 10.0 Å². The Morgan fingerprint density at radius 1 is 1.23 bits per heavy atom. The maximum Gasteiger partial charge on any atom is 0.247 e. The number of benzene rings is 1. The van der Waals surface area contributed by atoms with Crippen LogP contribution in [-0.2, 0) is 4.79 Å². The van der Waals surface area contributed by atoms with Gasteiger partial charge in [0, 0.05) is 40.5 Å². The highest BCUT2D eigenvalue weighted by Gasteiger charge is 2.12. The fourth-order valence-electron chi connectivity index (χ4n) is 1.88. The number of thioether (sulfide) groups is 1. The number of carbonyl (C=O) groups excluding carboxylic acids is 1. The van der Waals surface area contributed by atoms with Crippen LogP contribution in [0, 0.1) is 0 Å². The van der Waals surface area contributed by atoms with E-state index in [1.165, 1.54) is 11.8 Å². The van der Waals surface area contributed by atoms with Gasteiger partial charge in [0.05, 0.1) is 5.02 Å². The lowest BCUT2D eigenvalue weighted by Crippen LogP contribution is -2.29. The van der Waals surface area contributed by atoms with Crippen molar-refractivity contribution < 1.29 is 4.79 Å². The molecule has 0 saturated carbocycles. The Bertz CT molecular complexity index is 543. The number of amides is 1. The first-order valence-corrected chi connectivity index (χ1v) is 8.71. The Hall–Kier alpha value is -0.680. The molecule has 122 valence electrons. The lowest BCUT2D eigenvalue weighted by atomic mass is 10.4. The summed E-state index contributed by atoms with van der Waals surface area (Å²) in [7, 11) is 3.94. The molecule has 0 fully saturated rings.